The van der Waals surface area contributed by atoms with Crippen LogP contribution in [0, 0.1) is 12.3 Å². The van der Waals surface area contributed by atoms with Gasteiger partial charge in [0.2, 0.25) is 5.95 Å². The van der Waals surface area contributed by atoms with E-state index in [9.17, 15) is 9.18 Å². The Labute approximate surface area is 173 Å². The van der Waals surface area contributed by atoms with E-state index < -0.39 is 12.1 Å². The lowest BCUT2D eigenvalue weighted by atomic mass is 9.90. The number of nitrogens with zero attached hydrogens (tertiary/aromatic N) is 3. The average Bonchev–Trinajstić information content (AvgIpc) is 3.14. The summed E-state index contributed by atoms with van der Waals surface area (Å²) in [7, 11) is 1.39. The molecule has 2 aromatic heterocycles. The third-order valence-corrected chi connectivity index (χ3v) is 5.40. The van der Waals surface area contributed by atoms with Gasteiger partial charge in [-0.05, 0) is 50.1 Å². The predicted molar refractivity (Wildman–Crippen MR) is 112 cm³/mol. The molecule has 0 fully saturated rings. The number of anilines is 2. The Morgan fingerprint density at radius 1 is 1.28 bits per heavy atom. The van der Waals surface area contributed by atoms with Crippen molar-refractivity contribution >= 4 is 28.9 Å². The second-order valence-corrected chi connectivity index (χ2v) is 8.50. The molecule has 0 unspecified atom stereocenters. The molecule has 0 radical (unpaired) electrons. The summed E-state index contributed by atoms with van der Waals surface area (Å²) >= 11 is 1.54. The Bertz CT molecular complexity index is 1020. The predicted octanol–water partition coefficient (Wildman–Crippen LogP) is 4.86. The van der Waals surface area contributed by atoms with Gasteiger partial charge in [0, 0.05) is 24.5 Å². The minimum atomic E-state index is -0.637. The third kappa shape index (κ3) is 5.14. The SMILES string of the molecule is COC(=O)C(C)(C)Cc1ncc(-c2cc(C)cc(Nc3nccc(CF)n3)c2)s1. The molecule has 0 bridgehead atoms. The van der Waals surface area contributed by atoms with Gasteiger partial charge in [-0.1, -0.05) is 6.07 Å². The van der Waals surface area contributed by atoms with Gasteiger partial charge in [0.1, 0.15) is 6.67 Å². The number of hydrogen-bond acceptors (Lipinski definition) is 7. The summed E-state index contributed by atoms with van der Waals surface area (Å²) < 4.78 is 17.7. The molecule has 6 nitrogen and oxygen atoms in total. The number of carbonyl (C=O) groups excluding carboxylic acids is 1. The smallest absolute Gasteiger partial charge is 0.311 e. The average molecular weight is 415 g/mol. The van der Waals surface area contributed by atoms with Crippen LogP contribution >= 0.6 is 11.3 Å². The summed E-state index contributed by atoms with van der Waals surface area (Å²) in [6.07, 6.45) is 3.84. The first-order valence-corrected chi connectivity index (χ1v) is 9.92. The van der Waals surface area contributed by atoms with Crippen LogP contribution in [0.3, 0.4) is 0 Å². The zero-order chi connectivity index (χ0) is 21.0. The van der Waals surface area contributed by atoms with Crippen molar-refractivity contribution in [1.82, 2.24) is 15.0 Å². The van der Waals surface area contributed by atoms with E-state index in [1.807, 2.05) is 39.1 Å². The molecule has 29 heavy (non-hydrogen) atoms. The van der Waals surface area contributed by atoms with Crippen LogP contribution in [0.15, 0.2) is 36.7 Å². The van der Waals surface area contributed by atoms with Gasteiger partial charge < -0.3 is 10.1 Å². The van der Waals surface area contributed by atoms with Gasteiger partial charge in [-0.25, -0.2) is 19.3 Å². The van der Waals surface area contributed by atoms with Crippen molar-refractivity contribution in [3.8, 4) is 10.4 Å². The molecule has 1 N–H and O–H groups in total. The summed E-state index contributed by atoms with van der Waals surface area (Å²) in [5.74, 6) is 0.0910. The Kier molecular flexibility index (Phi) is 6.22. The van der Waals surface area contributed by atoms with Crippen molar-refractivity contribution in [2.45, 2.75) is 33.9 Å². The number of nitrogens with one attached hydrogen (secondary N) is 1. The number of esters is 1. The van der Waals surface area contributed by atoms with Crippen molar-refractivity contribution in [3.63, 3.8) is 0 Å². The highest BCUT2D eigenvalue weighted by molar-refractivity contribution is 7.15. The van der Waals surface area contributed by atoms with Gasteiger partial charge >= 0.3 is 5.97 Å². The molecule has 8 heteroatoms. The topological polar surface area (TPSA) is 77.0 Å². The molecule has 0 aliphatic carbocycles. The van der Waals surface area contributed by atoms with Crippen LogP contribution in [0.2, 0.25) is 0 Å². The van der Waals surface area contributed by atoms with Crippen LogP contribution < -0.4 is 5.32 Å². The van der Waals surface area contributed by atoms with Crippen molar-refractivity contribution in [1.29, 1.82) is 0 Å². The fraction of sp³-hybridized carbons (Fsp3) is 0.333. The molecule has 0 aliphatic heterocycles. The molecule has 2 heterocycles. The monoisotopic (exact) mass is 414 g/mol. The first-order chi connectivity index (χ1) is 13.8. The number of aromatic nitrogens is 3. The number of hydrogen-bond donors (Lipinski definition) is 1. The number of aryl methyl sites for hydroxylation is 1. The molecule has 152 valence electrons. The first-order valence-electron chi connectivity index (χ1n) is 9.11. The number of carbonyl (C=O) groups is 1. The molecule has 0 amide bonds. The summed E-state index contributed by atoms with van der Waals surface area (Å²) in [5, 5.41) is 4.00. The lowest BCUT2D eigenvalue weighted by Gasteiger charge is -2.19. The van der Waals surface area contributed by atoms with E-state index >= 15 is 0 Å². The van der Waals surface area contributed by atoms with Gasteiger partial charge in [0.25, 0.3) is 0 Å². The fourth-order valence-electron chi connectivity index (χ4n) is 2.91. The van der Waals surface area contributed by atoms with E-state index in [2.05, 4.69) is 26.3 Å². The maximum Gasteiger partial charge on any atom is 0.311 e. The van der Waals surface area contributed by atoms with E-state index in [0.29, 0.717) is 18.1 Å². The van der Waals surface area contributed by atoms with Crippen LogP contribution in [0.5, 0.6) is 0 Å². The summed E-state index contributed by atoms with van der Waals surface area (Å²) in [6.45, 7) is 5.05. The van der Waals surface area contributed by atoms with Crippen molar-refractivity contribution in [3.05, 3.63) is 52.9 Å². The van der Waals surface area contributed by atoms with Gasteiger partial charge in [0.15, 0.2) is 0 Å². The van der Waals surface area contributed by atoms with Gasteiger partial charge in [-0.2, -0.15) is 0 Å². The van der Waals surface area contributed by atoms with Crippen molar-refractivity contribution < 1.29 is 13.9 Å². The maximum absolute atomic E-state index is 12.8. The highest BCUT2D eigenvalue weighted by Gasteiger charge is 2.30. The minimum absolute atomic E-state index is 0.258. The Morgan fingerprint density at radius 2 is 2.07 bits per heavy atom. The quantitative estimate of drug-likeness (QED) is 0.556. The molecule has 0 saturated carbocycles. The van der Waals surface area contributed by atoms with Gasteiger partial charge in [0.05, 0.1) is 28.1 Å². The number of rotatable bonds is 7. The van der Waals surface area contributed by atoms with Crippen molar-refractivity contribution in [2.24, 2.45) is 5.41 Å². The summed E-state index contributed by atoms with van der Waals surface area (Å²) in [5.41, 5.74) is 2.55. The van der Waals surface area contributed by atoms with E-state index in [1.165, 1.54) is 13.3 Å². The summed E-state index contributed by atoms with van der Waals surface area (Å²) in [4.78, 5) is 25.7. The number of thiazole rings is 1. The van der Waals surface area contributed by atoms with E-state index in [0.717, 1.165) is 26.7 Å². The van der Waals surface area contributed by atoms with Gasteiger partial charge in [-0.15, -0.1) is 11.3 Å². The largest absolute Gasteiger partial charge is 0.469 e. The third-order valence-electron chi connectivity index (χ3n) is 4.35. The molecule has 3 aromatic rings. The lowest BCUT2D eigenvalue weighted by molar-refractivity contribution is -0.150. The summed E-state index contributed by atoms with van der Waals surface area (Å²) in [6, 6.07) is 7.55. The molecule has 0 atom stereocenters. The number of ether oxygens (including phenoxy) is 1. The van der Waals surface area contributed by atoms with Crippen LogP contribution in [0.1, 0.15) is 30.1 Å². The van der Waals surface area contributed by atoms with E-state index in [4.69, 9.17) is 4.74 Å². The van der Waals surface area contributed by atoms with Crippen LogP contribution in [-0.4, -0.2) is 28.0 Å². The molecular formula is C21H23FN4O2S. The molecule has 3 rings (SSSR count). The molecular weight excluding hydrogens is 391 g/mol. The highest BCUT2D eigenvalue weighted by atomic mass is 32.1. The zero-order valence-electron chi connectivity index (χ0n) is 16.8. The number of halogens is 1. The maximum atomic E-state index is 12.8. The van der Waals surface area contributed by atoms with E-state index in [1.54, 1.807) is 17.4 Å². The standard InChI is InChI=1S/C21H23FN4O2S/c1-13-7-14(9-16(8-13)26-20-23-6-5-15(11-22)25-20)17-12-24-18(29-17)10-21(2,3)19(27)28-4/h5-9,12H,10-11H2,1-4H3,(H,23,25,26). The van der Waals surface area contributed by atoms with Crippen LogP contribution in [0.4, 0.5) is 16.0 Å². The van der Waals surface area contributed by atoms with Crippen molar-refractivity contribution in [2.75, 3.05) is 12.4 Å². The zero-order valence-corrected chi connectivity index (χ0v) is 17.6. The van der Waals surface area contributed by atoms with Crippen LogP contribution in [-0.2, 0) is 22.6 Å². The molecule has 0 saturated heterocycles. The Balaban J connectivity index is 1.83. The minimum Gasteiger partial charge on any atom is -0.469 e. The molecule has 0 spiro atoms. The fourth-order valence-corrected chi connectivity index (χ4v) is 4.04. The van der Waals surface area contributed by atoms with Gasteiger partial charge in [-0.3, -0.25) is 4.79 Å². The Hall–Kier alpha value is -2.87. The second-order valence-electron chi connectivity index (χ2n) is 7.39. The molecule has 1 aromatic carbocycles. The van der Waals surface area contributed by atoms with E-state index in [-0.39, 0.29) is 5.97 Å². The number of benzene rings is 1. The first kappa shape index (κ1) is 20.9. The number of alkyl halides is 1. The highest BCUT2D eigenvalue weighted by Crippen LogP contribution is 2.33. The second kappa shape index (κ2) is 8.65. The van der Waals surface area contributed by atoms with Crippen LogP contribution in [0.25, 0.3) is 10.4 Å². The normalized spacial score (nSPS) is 11.3. The number of methoxy groups -OCH3 is 1. The Morgan fingerprint density at radius 3 is 2.79 bits per heavy atom. The lowest BCUT2D eigenvalue weighted by Crippen LogP contribution is -2.27. The molecule has 0 aliphatic rings.